The minimum atomic E-state index is -0.190. The van der Waals surface area contributed by atoms with Gasteiger partial charge in [-0.25, -0.2) is 0 Å². The van der Waals surface area contributed by atoms with Crippen LogP contribution >= 0.6 is 0 Å². The van der Waals surface area contributed by atoms with E-state index < -0.39 is 0 Å². The molecule has 0 bridgehead atoms. The van der Waals surface area contributed by atoms with Crippen molar-refractivity contribution in [2.75, 3.05) is 11.9 Å². The summed E-state index contributed by atoms with van der Waals surface area (Å²) in [6.45, 7) is 3.68. The van der Waals surface area contributed by atoms with Crippen molar-refractivity contribution in [2.45, 2.75) is 19.9 Å². The number of carbonyl (C=O) groups is 1. The van der Waals surface area contributed by atoms with E-state index in [1.807, 2.05) is 13.8 Å². The predicted molar refractivity (Wildman–Crippen MR) is 75.3 cm³/mol. The normalized spacial score (nSPS) is 11.7. The van der Waals surface area contributed by atoms with Crippen molar-refractivity contribution >= 4 is 11.6 Å². The maximum Gasteiger partial charge on any atom is 0.261 e. The Morgan fingerprint density at radius 3 is 2.80 bits per heavy atom. The number of carbonyl (C=O) groups excluding carboxylic acids is 1. The molecule has 0 aliphatic rings. The van der Waals surface area contributed by atoms with Crippen molar-refractivity contribution in [1.82, 2.24) is 20.0 Å². The molecule has 0 radical (unpaired) electrons. The van der Waals surface area contributed by atoms with Crippen LogP contribution in [-0.2, 0) is 0 Å². The molecule has 6 heteroatoms. The molecule has 0 N–H and O–H groups in total. The number of hydrogen-bond donors (Lipinski definition) is 0. The first-order valence-corrected chi connectivity index (χ1v) is 6.11. The summed E-state index contributed by atoms with van der Waals surface area (Å²) < 4.78 is 1.66. The van der Waals surface area contributed by atoms with Gasteiger partial charge >= 0.3 is 0 Å². The first-order chi connectivity index (χ1) is 9.56. The Hall–Kier alpha value is -2.68. The van der Waals surface area contributed by atoms with Gasteiger partial charge in [-0.1, -0.05) is 5.92 Å². The fourth-order valence-corrected chi connectivity index (χ4v) is 1.87. The highest BCUT2D eigenvalue weighted by molar-refractivity contribution is 6.06. The first-order valence-electron chi connectivity index (χ1n) is 6.11. The standard InChI is InChI=1S/C14H15N5O/c1-5-10(2)19-11(3)13(9-17-19)14(20)18(4)12-6-7-15-16-8-12/h1,6-10H,2-4H3. The molecule has 1 amide bonds. The lowest BCUT2D eigenvalue weighted by molar-refractivity contribution is 0.0992. The smallest absolute Gasteiger partial charge is 0.261 e. The van der Waals surface area contributed by atoms with Crippen LogP contribution in [0.5, 0.6) is 0 Å². The monoisotopic (exact) mass is 269 g/mol. The van der Waals surface area contributed by atoms with Gasteiger partial charge in [0.15, 0.2) is 0 Å². The van der Waals surface area contributed by atoms with Gasteiger partial charge in [-0.3, -0.25) is 9.48 Å². The molecule has 0 fully saturated rings. The molecule has 0 saturated carbocycles. The van der Waals surface area contributed by atoms with E-state index in [2.05, 4.69) is 21.2 Å². The second kappa shape index (κ2) is 5.53. The number of hydrogen-bond acceptors (Lipinski definition) is 4. The fourth-order valence-electron chi connectivity index (χ4n) is 1.87. The summed E-state index contributed by atoms with van der Waals surface area (Å²) in [5.41, 5.74) is 1.93. The average molecular weight is 269 g/mol. The number of nitrogens with zero attached hydrogens (tertiary/aromatic N) is 5. The molecular formula is C14H15N5O. The fraction of sp³-hybridized carbons (Fsp3) is 0.286. The van der Waals surface area contributed by atoms with Crippen LogP contribution in [0.4, 0.5) is 5.69 Å². The zero-order valence-electron chi connectivity index (χ0n) is 11.6. The predicted octanol–water partition coefficient (Wildman–Crippen LogP) is 1.45. The molecule has 2 heterocycles. The Balaban J connectivity index is 2.31. The number of terminal acetylenes is 1. The zero-order chi connectivity index (χ0) is 14.7. The van der Waals surface area contributed by atoms with E-state index in [9.17, 15) is 4.79 Å². The van der Waals surface area contributed by atoms with E-state index in [1.165, 1.54) is 23.5 Å². The Bertz CT molecular complexity index is 656. The van der Waals surface area contributed by atoms with Gasteiger partial charge in [-0.15, -0.1) is 6.42 Å². The summed E-state index contributed by atoms with van der Waals surface area (Å²) in [7, 11) is 1.68. The van der Waals surface area contributed by atoms with Crippen LogP contribution < -0.4 is 4.90 Å². The van der Waals surface area contributed by atoms with Gasteiger partial charge < -0.3 is 4.90 Å². The van der Waals surface area contributed by atoms with Crippen molar-refractivity contribution in [2.24, 2.45) is 0 Å². The third kappa shape index (κ3) is 2.38. The topological polar surface area (TPSA) is 63.9 Å². The van der Waals surface area contributed by atoms with Crippen molar-refractivity contribution in [3.05, 3.63) is 35.9 Å². The first kappa shape index (κ1) is 13.7. The Morgan fingerprint density at radius 1 is 1.45 bits per heavy atom. The summed E-state index contributed by atoms with van der Waals surface area (Å²) in [6, 6.07) is 1.53. The van der Waals surface area contributed by atoms with Gasteiger partial charge in [0.2, 0.25) is 0 Å². The highest BCUT2D eigenvalue weighted by Crippen LogP contribution is 2.17. The van der Waals surface area contributed by atoms with E-state index in [4.69, 9.17) is 6.42 Å². The van der Waals surface area contributed by atoms with Crippen LogP contribution in [0.25, 0.3) is 0 Å². The number of aromatic nitrogens is 4. The van der Waals surface area contributed by atoms with E-state index in [1.54, 1.807) is 17.8 Å². The molecule has 1 unspecified atom stereocenters. The third-order valence-electron chi connectivity index (χ3n) is 3.14. The Morgan fingerprint density at radius 2 is 2.20 bits per heavy atom. The third-order valence-corrected chi connectivity index (χ3v) is 3.14. The minimum absolute atomic E-state index is 0.161. The van der Waals surface area contributed by atoms with E-state index >= 15 is 0 Å². The summed E-state index contributed by atoms with van der Waals surface area (Å²) in [6.07, 6.45) is 9.99. The van der Waals surface area contributed by atoms with Crippen molar-refractivity contribution in [3.8, 4) is 12.3 Å². The van der Waals surface area contributed by atoms with Crippen LogP contribution in [0.15, 0.2) is 24.7 Å². The summed E-state index contributed by atoms with van der Waals surface area (Å²) in [5.74, 6) is 2.43. The molecule has 0 saturated heterocycles. The second-order valence-electron chi connectivity index (χ2n) is 4.40. The SMILES string of the molecule is C#CC(C)n1ncc(C(=O)N(C)c2ccnnc2)c1C. The van der Waals surface area contributed by atoms with Crippen LogP contribution in [0.1, 0.15) is 29.0 Å². The summed E-state index contributed by atoms with van der Waals surface area (Å²) in [4.78, 5) is 14.0. The van der Waals surface area contributed by atoms with Crippen LogP contribution in [0.2, 0.25) is 0 Å². The van der Waals surface area contributed by atoms with Crippen LogP contribution in [-0.4, -0.2) is 32.9 Å². The van der Waals surface area contributed by atoms with Gasteiger partial charge in [0.05, 0.1) is 29.8 Å². The van der Waals surface area contributed by atoms with Gasteiger partial charge in [-0.2, -0.15) is 15.3 Å². The largest absolute Gasteiger partial charge is 0.310 e. The summed E-state index contributed by atoms with van der Waals surface area (Å²) >= 11 is 0. The number of amides is 1. The zero-order valence-corrected chi connectivity index (χ0v) is 11.6. The number of anilines is 1. The van der Waals surface area contributed by atoms with Gasteiger partial charge in [0, 0.05) is 12.7 Å². The molecule has 1 atom stereocenters. The van der Waals surface area contributed by atoms with Crippen molar-refractivity contribution in [3.63, 3.8) is 0 Å². The molecule has 20 heavy (non-hydrogen) atoms. The molecule has 2 aromatic heterocycles. The highest BCUT2D eigenvalue weighted by Gasteiger charge is 2.20. The minimum Gasteiger partial charge on any atom is -0.310 e. The van der Waals surface area contributed by atoms with Crippen LogP contribution in [0.3, 0.4) is 0 Å². The molecule has 0 aliphatic carbocycles. The maximum atomic E-state index is 12.5. The lowest BCUT2D eigenvalue weighted by atomic mass is 10.2. The van der Waals surface area contributed by atoms with Gasteiger partial charge in [0.1, 0.15) is 6.04 Å². The average Bonchev–Trinajstić information content (AvgIpc) is 2.87. The van der Waals surface area contributed by atoms with Gasteiger partial charge in [0.25, 0.3) is 5.91 Å². The summed E-state index contributed by atoms with van der Waals surface area (Å²) in [5, 5.41) is 11.6. The number of rotatable bonds is 3. The van der Waals surface area contributed by atoms with Crippen molar-refractivity contribution < 1.29 is 4.79 Å². The molecule has 2 aromatic rings. The molecule has 0 spiro atoms. The van der Waals surface area contributed by atoms with E-state index in [0.717, 1.165) is 5.69 Å². The van der Waals surface area contributed by atoms with Crippen molar-refractivity contribution in [1.29, 1.82) is 0 Å². The molecule has 0 aromatic carbocycles. The van der Waals surface area contributed by atoms with E-state index in [0.29, 0.717) is 11.3 Å². The second-order valence-corrected chi connectivity index (χ2v) is 4.40. The maximum absolute atomic E-state index is 12.5. The lowest BCUT2D eigenvalue weighted by Gasteiger charge is -2.16. The molecule has 6 nitrogen and oxygen atoms in total. The van der Waals surface area contributed by atoms with E-state index in [-0.39, 0.29) is 11.9 Å². The van der Waals surface area contributed by atoms with Crippen LogP contribution in [0, 0.1) is 19.3 Å². The highest BCUT2D eigenvalue weighted by atomic mass is 16.2. The van der Waals surface area contributed by atoms with Gasteiger partial charge in [-0.05, 0) is 19.9 Å². The lowest BCUT2D eigenvalue weighted by Crippen LogP contribution is -2.27. The molecule has 0 aliphatic heterocycles. The quantitative estimate of drug-likeness (QED) is 0.791. The Kier molecular flexibility index (Phi) is 3.80. The molecular weight excluding hydrogens is 254 g/mol. The molecule has 102 valence electrons. The Labute approximate surface area is 117 Å². The molecule has 2 rings (SSSR count).